The van der Waals surface area contributed by atoms with Gasteiger partial charge in [0.1, 0.15) is 19.8 Å². The molecule has 0 radical (unpaired) electrons. The van der Waals surface area contributed by atoms with Crippen LogP contribution < -0.4 is 9.88 Å². The summed E-state index contributed by atoms with van der Waals surface area (Å²) in [6, 6.07) is 5.70. The molecule has 2 heterocycles. The van der Waals surface area contributed by atoms with Crippen LogP contribution in [0.4, 0.5) is 9.59 Å². The van der Waals surface area contributed by atoms with E-state index in [1.54, 1.807) is 0 Å². The first kappa shape index (κ1) is 39.5. The van der Waals surface area contributed by atoms with Crippen LogP contribution in [-0.4, -0.2) is 69.2 Å². The Balaban J connectivity index is 1.54. The minimum Gasteiger partial charge on any atom is -0.449 e. The molecule has 1 aliphatic heterocycles. The Morgan fingerprint density at radius 1 is 0.739 bits per heavy atom. The number of aryl methyl sites for hydroxylation is 1. The largest absolute Gasteiger partial charge is 0.449 e. The van der Waals surface area contributed by atoms with E-state index in [9.17, 15) is 22.8 Å². The van der Waals surface area contributed by atoms with Crippen LogP contribution in [0.25, 0.3) is 0 Å². The van der Waals surface area contributed by atoms with Crippen molar-refractivity contribution in [2.24, 2.45) is 5.41 Å². The lowest BCUT2D eigenvalue weighted by atomic mass is 9.94. The van der Waals surface area contributed by atoms with Crippen molar-refractivity contribution in [1.82, 2.24) is 10.2 Å². The van der Waals surface area contributed by atoms with E-state index < -0.39 is 33.3 Å². The molecular formula is C35H60N3O7S+. The summed E-state index contributed by atoms with van der Waals surface area (Å²) >= 11 is 0. The molecule has 0 atom stereocenters. The molecule has 46 heavy (non-hydrogen) atoms. The third kappa shape index (κ3) is 17.3. The zero-order chi connectivity index (χ0) is 33.5. The molecule has 0 saturated carbocycles. The normalized spacial score (nSPS) is 14.7. The fourth-order valence-electron chi connectivity index (χ4n) is 5.90. The summed E-state index contributed by atoms with van der Waals surface area (Å²) in [7, 11) is -3.30. The second-order valence-electron chi connectivity index (χ2n) is 13.0. The minimum absolute atomic E-state index is 0.166. The van der Waals surface area contributed by atoms with Crippen LogP contribution in [0, 0.1) is 5.41 Å². The Kier molecular flexibility index (Phi) is 19.5. The Bertz CT molecular complexity index is 1100. The quantitative estimate of drug-likeness (QED) is 0.0905. The molecule has 1 N–H and O–H groups in total. The summed E-state index contributed by atoms with van der Waals surface area (Å²) in [6.45, 7) is 4.38. The number of pyridine rings is 1. The van der Waals surface area contributed by atoms with Gasteiger partial charge in [-0.3, -0.25) is 4.79 Å². The highest BCUT2D eigenvalue weighted by Crippen LogP contribution is 2.34. The van der Waals surface area contributed by atoms with Crippen LogP contribution >= 0.6 is 0 Å². The smallest absolute Gasteiger partial charge is 0.416 e. The molecule has 1 saturated heterocycles. The van der Waals surface area contributed by atoms with Crippen LogP contribution in [0.3, 0.4) is 0 Å². The first-order chi connectivity index (χ1) is 22.2. The molecule has 1 aromatic heterocycles. The van der Waals surface area contributed by atoms with Crippen molar-refractivity contribution in [2.75, 3.05) is 37.8 Å². The van der Waals surface area contributed by atoms with Crippen molar-refractivity contribution >= 4 is 27.9 Å². The standard InChI is InChI=1S/C35H59N3O7S/c1-3-4-5-6-7-8-9-10-11-12-13-14-15-16-17-19-23-36-33(40)44-28-35(30-46(42,43)31-35)29-45-34(41)38(32(2)39)27-22-26-37-24-20-18-21-25-37/h18,20-21,24-25H,3-17,19,22-23,26-31H2,1-2H3/p+1. The van der Waals surface area contributed by atoms with E-state index in [1.165, 1.54) is 90.4 Å². The summed E-state index contributed by atoms with van der Waals surface area (Å²) in [5.74, 6) is -0.947. The van der Waals surface area contributed by atoms with Gasteiger partial charge in [-0.15, -0.1) is 0 Å². The SMILES string of the molecule is CCCCCCCCCCCCCCCCCCNC(=O)OCC1(COC(=O)N(CCC[n+]2ccccc2)C(C)=O)CS(=O)(=O)C1. The summed E-state index contributed by atoms with van der Waals surface area (Å²) in [4.78, 5) is 38.1. The number of sulfone groups is 1. The summed E-state index contributed by atoms with van der Waals surface area (Å²) in [5.41, 5.74) is -1.01. The Morgan fingerprint density at radius 3 is 1.74 bits per heavy atom. The Labute approximate surface area is 277 Å². The van der Waals surface area contributed by atoms with Gasteiger partial charge in [0, 0.05) is 38.6 Å². The third-order valence-corrected chi connectivity index (χ3v) is 10.6. The van der Waals surface area contributed by atoms with Gasteiger partial charge in [-0.2, -0.15) is 0 Å². The zero-order valence-corrected chi connectivity index (χ0v) is 29.3. The Hall–Kier alpha value is -2.69. The number of amides is 3. The van der Waals surface area contributed by atoms with Crippen molar-refractivity contribution in [1.29, 1.82) is 0 Å². The molecule has 11 heteroatoms. The van der Waals surface area contributed by atoms with Crippen molar-refractivity contribution < 1.29 is 36.8 Å². The van der Waals surface area contributed by atoms with Gasteiger partial charge in [0.15, 0.2) is 22.2 Å². The predicted molar refractivity (Wildman–Crippen MR) is 180 cm³/mol. The maximum Gasteiger partial charge on any atom is 0.416 e. The van der Waals surface area contributed by atoms with E-state index in [0.717, 1.165) is 24.2 Å². The monoisotopic (exact) mass is 666 g/mol. The fraction of sp³-hybridized carbons (Fsp3) is 0.771. The van der Waals surface area contributed by atoms with Crippen LogP contribution in [0.15, 0.2) is 30.6 Å². The molecule has 0 aromatic carbocycles. The van der Waals surface area contributed by atoms with Crippen LogP contribution in [0.2, 0.25) is 0 Å². The van der Waals surface area contributed by atoms with Gasteiger partial charge in [-0.05, 0) is 6.42 Å². The van der Waals surface area contributed by atoms with Crippen molar-refractivity contribution in [3.05, 3.63) is 30.6 Å². The van der Waals surface area contributed by atoms with Crippen LogP contribution in [-0.2, 0) is 30.7 Å². The van der Waals surface area contributed by atoms with E-state index in [0.29, 0.717) is 19.5 Å². The third-order valence-electron chi connectivity index (χ3n) is 8.54. The van der Waals surface area contributed by atoms with Crippen LogP contribution in [0.5, 0.6) is 0 Å². The van der Waals surface area contributed by atoms with Gasteiger partial charge in [0.25, 0.3) is 0 Å². The number of nitrogens with one attached hydrogen (secondary N) is 1. The number of rotatable bonds is 25. The van der Waals surface area contributed by atoms with Crippen molar-refractivity contribution in [2.45, 2.75) is 130 Å². The van der Waals surface area contributed by atoms with E-state index >= 15 is 0 Å². The first-order valence-corrected chi connectivity index (χ1v) is 19.5. The van der Waals surface area contributed by atoms with Crippen molar-refractivity contribution in [3.8, 4) is 0 Å². The number of hydrogen-bond donors (Lipinski definition) is 1. The van der Waals surface area contributed by atoms with E-state index in [2.05, 4.69) is 12.2 Å². The second-order valence-corrected chi connectivity index (χ2v) is 15.1. The van der Waals surface area contributed by atoms with Gasteiger partial charge in [0.2, 0.25) is 5.91 Å². The molecule has 1 fully saturated rings. The highest BCUT2D eigenvalue weighted by molar-refractivity contribution is 7.92. The van der Waals surface area contributed by atoms with Gasteiger partial charge < -0.3 is 14.8 Å². The second kappa shape index (κ2) is 22.8. The number of hydrogen-bond acceptors (Lipinski definition) is 7. The number of carbonyl (C=O) groups is 3. The minimum atomic E-state index is -3.30. The molecular weight excluding hydrogens is 606 g/mol. The molecule has 262 valence electrons. The topological polar surface area (TPSA) is 123 Å². The molecule has 3 amide bonds. The maximum absolute atomic E-state index is 12.7. The van der Waals surface area contributed by atoms with E-state index in [1.807, 2.05) is 35.2 Å². The highest BCUT2D eigenvalue weighted by Gasteiger charge is 2.51. The Morgan fingerprint density at radius 2 is 1.24 bits per heavy atom. The number of carbonyl (C=O) groups excluding carboxylic acids is 3. The molecule has 1 aromatic rings. The molecule has 0 unspecified atom stereocenters. The highest BCUT2D eigenvalue weighted by atomic mass is 32.2. The van der Waals surface area contributed by atoms with Crippen molar-refractivity contribution in [3.63, 3.8) is 0 Å². The number of alkyl carbamates (subject to hydrolysis) is 1. The van der Waals surface area contributed by atoms with Gasteiger partial charge in [-0.25, -0.2) is 27.5 Å². The van der Waals surface area contributed by atoms with E-state index in [-0.39, 0.29) is 31.3 Å². The zero-order valence-electron chi connectivity index (χ0n) is 28.5. The van der Waals surface area contributed by atoms with Gasteiger partial charge >= 0.3 is 12.2 Å². The lowest BCUT2D eigenvalue weighted by molar-refractivity contribution is -0.697. The molecule has 0 bridgehead atoms. The molecule has 0 aliphatic carbocycles. The number of ether oxygens (including phenoxy) is 2. The van der Waals surface area contributed by atoms with Crippen LogP contribution in [0.1, 0.15) is 123 Å². The number of unbranched alkanes of at least 4 members (excludes halogenated alkanes) is 15. The molecule has 10 nitrogen and oxygen atoms in total. The fourth-order valence-corrected chi connectivity index (χ4v) is 8.01. The molecule has 0 spiro atoms. The number of aromatic nitrogens is 1. The lowest BCUT2D eigenvalue weighted by Gasteiger charge is -2.39. The summed E-state index contributed by atoms with van der Waals surface area (Å²) in [6.07, 6.45) is 23.4. The number of imide groups is 1. The molecule has 1 aliphatic rings. The summed E-state index contributed by atoms with van der Waals surface area (Å²) in [5, 5.41) is 2.74. The predicted octanol–water partition coefficient (Wildman–Crippen LogP) is 6.75. The average molecular weight is 667 g/mol. The average Bonchev–Trinajstić information content (AvgIpc) is 3.01. The van der Waals surface area contributed by atoms with Gasteiger partial charge in [0.05, 0.1) is 16.9 Å². The first-order valence-electron chi connectivity index (χ1n) is 17.7. The van der Waals surface area contributed by atoms with E-state index in [4.69, 9.17) is 9.47 Å². The van der Waals surface area contributed by atoms with Gasteiger partial charge in [-0.1, -0.05) is 109 Å². The number of nitrogens with zero attached hydrogens (tertiary/aromatic N) is 2. The maximum atomic E-state index is 12.7. The molecule has 2 rings (SSSR count). The summed E-state index contributed by atoms with van der Waals surface area (Å²) < 4.78 is 36.6. The lowest BCUT2D eigenvalue weighted by Crippen LogP contribution is -2.56.